The smallest absolute Gasteiger partial charge is 0.254 e. The first-order valence-electron chi connectivity index (χ1n) is 6.23. The molecule has 0 aliphatic carbocycles. The van der Waals surface area contributed by atoms with E-state index in [1.54, 1.807) is 4.52 Å². The fraction of sp³-hybridized carbons (Fsp3) is 0.583. The van der Waals surface area contributed by atoms with Crippen molar-refractivity contribution in [2.75, 3.05) is 32.5 Å². The molecule has 0 aromatic carbocycles. The quantitative estimate of drug-likeness (QED) is 0.778. The van der Waals surface area contributed by atoms with Crippen LogP contribution in [-0.4, -0.2) is 51.7 Å². The third-order valence-corrected chi connectivity index (χ3v) is 2.72. The summed E-state index contributed by atoms with van der Waals surface area (Å²) in [4.78, 5) is 10.6. The zero-order valence-corrected chi connectivity index (χ0v) is 11.2. The predicted octanol–water partition coefficient (Wildman–Crippen LogP) is 1.19. The summed E-state index contributed by atoms with van der Waals surface area (Å²) in [6, 6.07) is 1.99. The number of hydrogen-bond acceptors (Lipinski definition) is 5. The zero-order chi connectivity index (χ0) is 13.0. The lowest BCUT2D eigenvalue weighted by molar-refractivity contribution is 0.396. The van der Waals surface area contributed by atoms with Gasteiger partial charge >= 0.3 is 0 Å². The fourth-order valence-electron chi connectivity index (χ4n) is 1.83. The van der Waals surface area contributed by atoms with Gasteiger partial charge in [0.05, 0.1) is 0 Å². The van der Waals surface area contributed by atoms with E-state index in [0.717, 1.165) is 31.0 Å². The molecule has 0 aliphatic rings. The van der Waals surface area contributed by atoms with Crippen molar-refractivity contribution < 1.29 is 0 Å². The second-order valence-electron chi connectivity index (χ2n) is 4.69. The maximum atomic E-state index is 4.31. The van der Waals surface area contributed by atoms with Crippen LogP contribution in [0, 0.1) is 6.92 Å². The minimum absolute atomic E-state index is 0.644. The highest BCUT2D eigenvalue weighted by atomic mass is 15.3. The molecule has 2 heterocycles. The lowest BCUT2D eigenvalue weighted by Crippen LogP contribution is -2.15. The Morgan fingerprint density at radius 3 is 2.94 bits per heavy atom. The first-order chi connectivity index (χ1) is 8.66. The number of rotatable bonds is 6. The van der Waals surface area contributed by atoms with E-state index in [-0.39, 0.29) is 0 Å². The van der Waals surface area contributed by atoms with Crippen LogP contribution >= 0.6 is 0 Å². The molecule has 6 heteroatoms. The summed E-state index contributed by atoms with van der Waals surface area (Å²) in [6.45, 7) is 4.02. The van der Waals surface area contributed by atoms with Crippen molar-refractivity contribution in [2.45, 2.75) is 19.8 Å². The Kier molecular flexibility index (Phi) is 4.09. The van der Waals surface area contributed by atoms with Gasteiger partial charge in [0.25, 0.3) is 5.78 Å². The van der Waals surface area contributed by atoms with Gasteiger partial charge in [-0.3, -0.25) is 0 Å². The monoisotopic (exact) mass is 248 g/mol. The Balaban J connectivity index is 1.93. The van der Waals surface area contributed by atoms with Gasteiger partial charge in [0.1, 0.15) is 12.1 Å². The molecule has 0 fully saturated rings. The van der Waals surface area contributed by atoms with Crippen LogP contribution in [-0.2, 0) is 0 Å². The van der Waals surface area contributed by atoms with Crippen molar-refractivity contribution >= 4 is 11.6 Å². The van der Waals surface area contributed by atoms with Crippen molar-refractivity contribution in [3.05, 3.63) is 18.1 Å². The standard InChI is InChI=1S/C12H20N6/c1-10-8-11(13-6-4-5-7-17(2)3)18-12(16-10)14-9-15-18/h8-9,13H,4-7H2,1-3H3. The highest BCUT2D eigenvalue weighted by Crippen LogP contribution is 2.10. The Hall–Kier alpha value is -1.69. The number of aromatic nitrogens is 4. The number of nitrogens with one attached hydrogen (secondary N) is 1. The van der Waals surface area contributed by atoms with Crippen LogP contribution in [0.4, 0.5) is 5.82 Å². The third kappa shape index (κ3) is 3.16. The van der Waals surface area contributed by atoms with Crippen molar-refractivity contribution in [3.63, 3.8) is 0 Å². The van der Waals surface area contributed by atoms with Crippen molar-refractivity contribution in [1.29, 1.82) is 0 Å². The summed E-state index contributed by atoms with van der Waals surface area (Å²) in [5.74, 6) is 1.60. The Labute approximate surface area is 107 Å². The molecule has 1 N–H and O–H groups in total. The minimum atomic E-state index is 0.644. The molecule has 6 nitrogen and oxygen atoms in total. The molecule has 2 aromatic rings. The molecule has 0 bridgehead atoms. The zero-order valence-electron chi connectivity index (χ0n) is 11.2. The SMILES string of the molecule is Cc1cc(NCCCCN(C)C)n2ncnc2n1. The predicted molar refractivity (Wildman–Crippen MR) is 71.8 cm³/mol. The highest BCUT2D eigenvalue weighted by molar-refractivity contribution is 5.44. The van der Waals surface area contributed by atoms with E-state index in [9.17, 15) is 0 Å². The van der Waals surface area contributed by atoms with Gasteiger partial charge < -0.3 is 10.2 Å². The first kappa shape index (κ1) is 12.8. The largest absolute Gasteiger partial charge is 0.370 e. The van der Waals surface area contributed by atoms with Crippen LogP contribution in [0.1, 0.15) is 18.5 Å². The molecule has 0 unspecified atom stereocenters. The number of fused-ring (bicyclic) bond motifs is 1. The number of hydrogen-bond donors (Lipinski definition) is 1. The minimum Gasteiger partial charge on any atom is -0.370 e. The van der Waals surface area contributed by atoms with Gasteiger partial charge in [0.2, 0.25) is 0 Å². The molecular formula is C12H20N6. The van der Waals surface area contributed by atoms with E-state index >= 15 is 0 Å². The Bertz CT molecular complexity index is 504. The van der Waals surface area contributed by atoms with E-state index in [1.165, 1.54) is 12.7 Å². The van der Waals surface area contributed by atoms with E-state index in [1.807, 2.05) is 13.0 Å². The van der Waals surface area contributed by atoms with Gasteiger partial charge in [-0.05, 0) is 40.4 Å². The summed E-state index contributed by atoms with van der Waals surface area (Å²) in [5.41, 5.74) is 0.950. The molecule has 0 aliphatic heterocycles. The van der Waals surface area contributed by atoms with Gasteiger partial charge in [-0.15, -0.1) is 0 Å². The molecule has 0 spiro atoms. The average molecular weight is 248 g/mol. The van der Waals surface area contributed by atoms with E-state index in [2.05, 4.69) is 39.4 Å². The summed E-state index contributed by atoms with van der Waals surface area (Å²) in [7, 11) is 4.19. The van der Waals surface area contributed by atoms with Gasteiger partial charge in [0.15, 0.2) is 0 Å². The Morgan fingerprint density at radius 2 is 2.17 bits per heavy atom. The second kappa shape index (κ2) is 5.77. The van der Waals surface area contributed by atoms with Gasteiger partial charge in [-0.25, -0.2) is 4.98 Å². The van der Waals surface area contributed by atoms with Crippen molar-refractivity contribution in [2.24, 2.45) is 0 Å². The summed E-state index contributed by atoms with van der Waals surface area (Å²) < 4.78 is 1.74. The van der Waals surface area contributed by atoms with Crippen molar-refractivity contribution in [3.8, 4) is 0 Å². The van der Waals surface area contributed by atoms with Gasteiger partial charge in [-0.1, -0.05) is 0 Å². The Morgan fingerprint density at radius 1 is 1.33 bits per heavy atom. The highest BCUT2D eigenvalue weighted by Gasteiger charge is 2.04. The topological polar surface area (TPSA) is 58.4 Å². The summed E-state index contributed by atoms with van der Waals surface area (Å²) >= 11 is 0. The number of anilines is 1. The molecule has 18 heavy (non-hydrogen) atoms. The van der Waals surface area contributed by atoms with Crippen LogP contribution in [0.25, 0.3) is 5.78 Å². The molecule has 2 rings (SSSR count). The van der Waals surface area contributed by atoms with E-state index in [0.29, 0.717) is 5.78 Å². The molecule has 0 saturated heterocycles. The van der Waals surface area contributed by atoms with E-state index in [4.69, 9.17) is 0 Å². The van der Waals surface area contributed by atoms with Crippen LogP contribution in [0.15, 0.2) is 12.4 Å². The number of nitrogens with zero attached hydrogens (tertiary/aromatic N) is 5. The first-order valence-corrected chi connectivity index (χ1v) is 6.23. The van der Waals surface area contributed by atoms with Crippen LogP contribution in [0.3, 0.4) is 0 Å². The van der Waals surface area contributed by atoms with Crippen LogP contribution in [0.5, 0.6) is 0 Å². The van der Waals surface area contributed by atoms with E-state index < -0.39 is 0 Å². The van der Waals surface area contributed by atoms with Crippen LogP contribution in [0.2, 0.25) is 0 Å². The van der Waals surface area contributed by atoms with Crippen LogP contribution < -0.4 is 5.32 Å². The lowest BCUT2D eigenvalue weighted by Gasteiger charge is -2.10. The second-order valence-corrected chi connectivity index (χ2v) is 4.69. The number of unbranched alkanes of at least 4 members (excludes halogenated alkanes) is 1. The number of aryl methyl sites for hydroxylation is 1. The molecular weight excluding hydrogens is 228 g/mol. The summed E-state index contributed by atoms with van der Waals surface area (Å²) in [5, 5.41) is 7.55. The molecule has 0 saturated carbocycles. The summed E-state index contributed by atoms with van der Waals surface area (Å²) in [6.07, 6.45) is 3.85. The van der Waals surface area contributed by atoms with Gasteiger partial charge in [0, 0.05) is 18.3 Å². The van der Waals surface area contributed by atoms with Gasteiger partial charge in [-0.2, -0.15) is 14.6 Å². The molecule has 0 radical (unpaired) electrons. The average Bonchev–Trinajstić information content (AvgIpc) is 2.75. The maximum absolute atomic E-state index is 4.31. The maximum Gasteiger partial charge on any atom is 0.254 e. The molecule has 2 aromatic heterocycles. The fourth-order valence-corrected chi connectivity index (χ4v) is 1.83. The lowest BCUT2D eigenvalue weighted by atomic mass is 10.3. The van der Waals surface area contributed by atoms with Crippen molar-refractivity contribution in [1.82, 2.24) is 24.5 Å². The normalized spacial score (nSPS) is 11.3. The molecule has 0 amide bonds. The third-order valence-electron chi connectivity index (χ3n) is 2.72. The molecule has 98 valence electrons. The molecule has 0 atom stereocenters.